The lowest BCUT2D eigenvalue weighted by Gasteiger charge is -2.51. The van der Waals surface area contributed by atoms with E-state index in [0.717, 1.165) is 29.2 Å². The van der Waals surface area contributed by atoms with Crippen molar-refractivity contribution in [3.63, 3.8) is 0 Å². The predicted molar refractivity (Wildman–Crippen MR) is 124 cm³/mol. The van der Waals surface area contributed by atoms with Crippen molar-refractivity contribution in [1.29, 1.82) is 0 Å². The Bertz CT molecular complexity index is 1090. The number of piperidine rings is 1. The molecular formula is C26H31N3O3. The van der Waals surface area contributed by atoms with Gasteiger partial charge < -0.3 is 14.4 Å². The van der Waals surface area contributed by atoms with Gasteiger partial charge >= 0.3 is 0 Å². The van der Waals surface area contributed by atoms with Crippen molar-refractivity contribution in [1.82, 2.24) is 9.91 Å². The fourth-order valence-electron chi connectivity index (χ4n) is 5.14. The van der Waals surface area contributed by atoms with Gasteiger partial charge in [0.1, 0.15) is 0 Å². The topological polar surface area (TPSA) is 54.4 Å². The summed E-state index contributed by atoms with van der Waals surface area (Å²) < 4.78 is 12.7. The zero-order valence-electron chi connectivity index (χ0n) is 19.4. The summed E-state index contributed by atoms with van der Waals surface area (Å²) in [6.07, 6.45) is 2.26. The lowest BCUT2D eigenvalue weighted by atomic mass is 9.90. The van der Waals surface area contributed by atoms with Gasteiger partial charge in [0.25, 0.3) is 0 Å². The number of rotatable bonds is 3. The van der Waals surface area contributed by atoms with Crippen LogP contribution in [0.4, 0.5) is 0 Å². The molecule has 3 aliphatic rings. The lowest BCUT2D eigenvalue weighted by Crippen LogP contribution is -2.59. The van der Waals surface area contributed by atoms with Gasteiger partial charge in [0.05, 0.1) is 18.4 Å². The molecule has 0 radical (unpaired) electrons. The van der Waals surface area contributed by atoms with Gasteiger partial charge in [-0.2, -0.15) is 5.10 Å². The lowest BCUT2D eigenvalue weighted by molar-refractivity contribution is -0.159. The van der Waals surface area contributed by atoms with Crippen LogP contribution >= 0.6 is 0 Å². The van der Waals surface area contributed by atoms with Crippen molar-refractivity contribution in [2.75, 3.05) is 19.7 Å². The smallest absolute Gasteiger partial charge is 0.219 e. The van der Waals surface area contributed by atoms with Gasteiger partial charge in [-0.1, -0.05) is 24.3 Å². The summed E-state index contributed by atoms with van der Waals surface area (Å²) in [7, 11) is 0. The second-order valence-corrected chi connectivity index (χ2v) is 9.07. The highest BCUT2D eigenvalue weighted by Crippen LogP contribution is 2.52. The Morgan fingerprint density at radius 3 is 2.66 bits per heavy atom. The number of likely N-dealkylation sites (tertiary alicyclic amines) is 1. The summed E-state index contributed by atoms with van der Waals surface area (Å²) in [5.41, 5.74) is 5.37. The zero-order chi connectivity index (χ0) is 22.5. The highest BCUT2D eigenvalue weighted by atomic mass is 16.6. The highest BCUT2D eigenvalue weighted by molar-refractivity contribution is 6.02. The van der Waals surface area contributed by atoms with Crippen LogP contribution in [0.1, 0.15) is 61.4 Å². The normalized spacial score (nSPS) is 21.0. The molecule has 0 saturated carbocycles. The first-order valence-electron chi connectivity index (χ1n) is 11.6. The molecule has 1 amide bonds. The number of aryl methyl sites for hydroxylation is 2. The number of para-hydroxylation sites is 1. The highest BCUT2D eigenvalue weighted by Gasteiger charge is 2.52. The first-order chi connectivity index (χ1) is 15.4. The van der Waals surface area contributed by atoms with Crippen molar-refractivity contribution in [2.45, 2.75) is 58.7 Å². The van der Waals surface area contributed by atoms with E-state index in [4.69, 9.17) is 14.6 Å². The molecule has 3 aliphatic heterocycles. The maximum Gasteiger partial charge on any atom is 0.219 e. The molecule has 1 spiro atoms. The molecule has 168 valence electrons. The van der Waals surface area contributed by atoms with Crippen molar-refractivity contribution >= 4 is 11.6 Å². The number of carbonyl (C=O) groups is 1. The maximum atomic E-state index is 12.0. The van der Waals surface area contributed by atoms with E-state index in [9.17, 15) is 4.79 Å². The number of benzene rings is 2. The number of amides is 1. The quantitative estimate of drug-likeness (QED) is 0.711. The summed E-state index contributed by atoms with van der Waals surface area (Å²) in [6, 6.07) is 12.8. The molecule has 6 nitrogen and oxygen atoms in total. The number of hydrogen-bond acceptors (Lipinski definition) is 5. The SMILES string of the molecule is CCOc1cccc2c1OC1(CCN(C(C)=O)CC1)N1N=C(c3ccc(C)c(C)c3)C[C@H]21. The van der Waals surface area contributed by atoms with Crippen LogP contribution in [0, 0.1) is 13.8 Å². The van der Waals surface area contributed by atoms with Gasteiger partial charge in [-0.25, -0.2) is 5.01 Å². The van der Waals surface area contributed by atoms with Crippen LogP contribution in [0.5, 0.6) is 11.5 Å². The Labute approximate surface area is 189 Å². The van der Waals surface area contributed by atoms with Crippen LogP contribution in [-0.4, -0.2) is 46.9 Å². The van der Waals surface area contributed by atoms with Gasteiger partial charge in [0, 0.05) is 44.8 Å². The minimum Gasteiger partial charge on any atom is -0.490 e. The molecule has 1 fully saturated rings. The molecule has 32 heavy (non-hydrogen) atoms. The van der Waals surface area contributed by atoms with E-state index in [1.54, 1.807) is 6.92 Å². The first kappa shape index (κ1) is 20.9. The third-order valence-electron chi connectivity index (χ3n) is 7.12. The average molecular weight is 434 g/mol. The third-order valence-corrected chi connectivity index (χ3v) is 7.12. The molecule has 2 aromatic carbocycles. The summed E-state index contributed by atoms with van der Waals surface area (Å²) in [6.45, 7) is 9.83. The van der Waals surface area contributed by atoms with Gasteiger partial charge in [0.15, 0.2) is 11.5 Å². The minimum atomic E-state index is -0.571. The molecule has 0 aliphatic carbocycles. The van der Waals surface area contributed by atoms with E-state index in [1.807, 2.05) is 24.0 Å². The van der Waals surface area contributed by atoms with Crippen LogP contribution in [-0.2, 0) is 4.79 Å². The summed E-state index contributed by atoms with van der Waals surface area (Å²) in [4.78, 5) is 13.9. The maximum absolute atomic E-state index is 12.0. The van der Waals surface area contributed by atoms with Gasteiger partial charge in [-0.3, -0.25) is 4.79 Å². The van der Waals surface area contributed by atoms with E-state index >= 15 is 0 Å². The van der Waals surface area contributed by atoms with E-state index in [-0.39, 0.29) is 11.9 Å². The van der Waals surface area contributed by atoms with E-state index in [2.05, 4.69) is 43.1 Å². The molecule has 0 aromatic heterocycles. The molecule has 1 saturated heterocycles. The van der Waals surface area contributed by atoms with Crippen LogP contribution in [0.3, 0.4) is 0 Å². The fraction of sp³-hybridized carbons (Fsp3) is 0.462. The first-order valence-corrected chi connectivity index (χ1v) is 11.6. The number of nitrogens with zero attached hydrogens (tertiary/aromatic N) is 3. The van der Waals surface area contributed by atoms with Gasteiger partial charge in [-0.05, 0) is 49.6 Å². The van der Waals surface area contributed by atoms with E-state index in [1.165, 1.54) is 16.7 Å². The summed E-state index contributed by atoms with van der Waals surface area (Å²) in [5.74, 6) is 1.74. The van der Waals surface area contributed by atoms with Gasteiger partial charge in [-0.15, -0.1) is 0 Å². The predicted octanol–water partition coefficient (Wildman–Crippen LogP) is 4.58. The Hall–Kier alpha value is -3.02. The number of carbonyl (C=O) groups excluding carboxylic acids is 1. The van der Waals surface area contributed by atoms with Crippen LogP contribution in [0.25, 0.3) is 0 Å². The van der Waals surface area contributed by atoms with Crippen LogP contribution in [0.2, 0.25) is 0 Å². The number of fused-ring (bicyclic) bond motifs is 4. The van der Waals surface area contributed by atoms with Crippen molar-refractivity contribution in [3.05, 3.63) is 58.7 Å². The van der Waals surface area contributed by atoms with Gasteiger partial charge in [0.2, 0.25) is 11.6 Å². The Balaban J connectivity index is 1.57. The van der Waals surface area contributed by atoms with Crippen molar-refractivity contribution < 1.29 is 14.3 Å². The molecule has 6 heteroatoms. The Kier molecular flexibility index (Phi) is 5.11. The molecule has 3 heterocycles. The molecule has 5 rings (SSSR count). The second kappa shape index (κ2) is 7.84. The second-order valence-electron chi connectivity index (χ2n) is 9.07. The van der Waals surface area contributed by atoms with Crippen LogP contribution < -0.4 is 9.47 Å². The molecule has 0 N–H and O–H groups in total. The summed E-state index contributed by atoms with van der Waals surface area (Å²) in [5, 5.41) is 7.34. The number of ether oxygens (including phenoxy) is 2. The minimum absolute atomic E-state index is 0.0969. The average Bonchev–Trinajstić information content (AvgIpc) is 3.24. The zero-order valence-corrected chi connectivity index (χ0v) is 19.4. The number of hydrazone groups is 1. The van der Waals surface area contributed by atoms with E-state index < -0.39 is 5.72 Å². The molecule has 1 atom stereocenters. The standard InChI is InChI=1S/C26H31N3O3/c1-5-31-24-8-6-7-21-23-16-22(20-10-9-17(2)18(3)15-20)27-29(23)26(32-25(21)24)11-13-28(14-12-26)19(4)30/h6-10,15,23H,5,11-14,16H2,1-4H3/t23-/m1/s1. The van der Waals surface area contributed by atoms with E-state index in [0.29, 0.717) is 32.5 Å². The Morgan fingerprint density at radius 2 is 1.97 bits per heavy atom. The van der Waals surface area contributed by atoms with Crippen LogP contribution in [0.15, 0.2) is 41.5 Å². The summed E-state index contributed by atoms with van der Waals surface area (Å²) >= 11 is 0. The molecule has 2 aromatic rings. The molecule has 0 bridgehead atoms. The Morgan fingerprint density at radius 1 is 1.19 bits per heavy atom. The fourth-order valence-corrected chi connectivity index (χ4v) is 5.14. The monoisotopic (exact) mass is 433 g/mol. The van der Waals surface area contributed by atoms with Crippen molar-refractivity contribution in [3.8, 4) is 11.5 Å². The van der Waals surface area contributed by atoms with Crippen molar-refractivity contribution in [2.24, 2.45) is 5.10 Å². The largest absolute Gasteiger partial charge is 0.490 e. The third kappa shape index (κ3) is 3.33. The molecule has 0 unspecified atom stereocenters. The molecular weight excluding hydrogens is 402 g/mol. The number of hydrogen-bond donors (Lipinski definition) is 0.